The van der Waals surface area contributed by atoms with E-state index < -0.39 is 0 Å². The van der Waals surface area contributed by atoms with Gasteiger partial charge in [0, 0.05) is 18.9 Å². The number of ketones is 1. The molecule has 0 aliphatic heterocycles. The van der Waals surface area contributed by atoms with E-state index in [1.807, 2.05) is 0 Å². The molecule has 1 heterocycles. The van der Waals surface area contributed by atoms with Crippen molar-refractivity contribution in [2.45, 2.75) is 63.8 Å². The van der Waals surface area contributed by atoms with Crippen molar-refractivity contribution in [3.05, 3.63) is 21.3 Å². The molecule has 2 saturated carbocycles. The van der Waals surface area contributed by atoms with Gasteiger partial charge >= 0.3 is 0 Å². The predicted molar refractivity (Wildman–Crippen MR) is 94.1 cm³/mol. The van der Waals surface area contributed by atoms with Gasteiger partial charge in [-0.2, -0.15) is 0 Å². The van der Waals surface area contributed by atoms with E-state index in [-0.39, 0.29) is 24.5 Å². The first kappa shape index (κ1) is 17.0. The van der Waals surface area contributed by atoms with Crippen LogP contribution in [0.15, 0.2) is 12.1 Å². The summed E-state index contributed by atoms with van der Waals surface area (Å²) < 4.78 is 0.613. The van der Waals surface area contributed by atoms with Crippen LogP contribution in [-0.2, 0) is 4.79 Å². The Hall–Kier alpha value is -0.870. The van der Waals surface area contributed by atoms with Gasteiger partial charge < -0.3 is 5.32 Å². The van der Waals surface area contributed by atoms with E-state index in [1.165, 1.54) is 43.4 Å². The molecule has 3 atom stereocenters. The van der Waals surface area contributed by atoms with Crippen LogP contribution in [0.2, 0.25) is 4.34 Å². The summed E-state index contributed by atoms with van der Waals surface area (Å²) in [6.45, 7) is 0. The number of thiophene rings is 1. The smallest absolute Gasteiger partial charge is 0.220 e. The second-order valence-electron chi connectivity index (χ2n) is 6.91. The normalized spacial score (nSPS) is 27.3. The molecular formula is C18H24ClNO2S. The SMILES string of the molecule is O=C(CCC(=O)c1ccc(Cl)s1)N[C@@H]1CC[C@H]2CCCC[C@@H]2C1. The standard InChI is InChI=1S/C18H24ClNO2S/c19-17-9-8-16(23-17)15(21)7-10-18(22)20-14-6-5-12-3-1-2-4-13(12)11-14/h8-9,12-14H,1-7,10-11H2,(H,20,22)/t12-,13-,14-/m1/s1. The fraction of sp³-hybridized carbons (Fsp3) is 0.667. The molecular weight excluding hydrogens is 330 g/mol. The lowest BCUT2D eigenvalue weighted by molar-refractivity contribution is -0.122. The molecule has 23 heavy (non-hydrogen) atoms. The fourth-order valence-corrected chi connectivity index (χ4v) is 5.13. The van der Waals surface area contributed by atoms with E-state index in [4.69, 9.17) is 11.6 Å². The summed E-state index contributed by atoms with van der Waals surface area (Å²) in [5.74, 6) is 1.72. The van der Waals surface area contributed by atoms with Gasteiger partial charge in [-0.25, -0.2) is 0 Å². The molecule has 2 aliphatic carbocycles. The Kier molecular flexibility index (Phi) is 5.76. The molecule has 2 aliphatic rings. The number of nitrogens with one attached hydrogen (secondary N) is 1. The van der Waals surface area contributed by atoms with Gasteiger partial charge in [0.2, 0.25) is 5.91 Å². The molecule has 5 heteroatoms. The van der Waals surface area contributed by atoms with Crippen molar-refractivity contribution in [1.29, 1.82) is 0 Å². The molecule has 0 unspecified atom stereocenters. The minimum absolute atomic E-state index is 0.00744. The molecule has 0 spiro atoms. The Labute approximate surface area is 146 Å². The van der Waals surface area contributed by atoms with Crippen LogP contribution in [-0.4, -0.2) is 17.7 Å². The van der Waals surface area contributed by atoms with E-state index >= 15 is 0 Å². The molecule has 3 nitrogen and oxygen atoms in total. The lowest BCUT2D eigenvalue weighted by atomic mass is 9.69. The van der Waals surface area contributed by atoms with Gasteiger partial charge in [0.15, 0.2) is 5.78 Å². The highest BCUT2D eigenvalue weighted by Crippen LogP contribution is 2.40. The lowest BCUT2D eigenvalue weighted by Crippen LogP contribution is -2.41. The number of fused-ring (bicyclic) bond motifs is 1. The molecule has 1 aromatic heterocycles. The third-order valence-electron chi connectivity index (χ3n) is 5.33. The van der Waals surface area contributed by atoms with Crippen LogP contribution in [0.25, 0.3) is 0 Å². The highest BCUT2D eigenvalue weighted by molar-refractivity contribution is 7.18. The second kappa shape index (κ2) is 7.80. The second-order valence-corrected chi connectivity index (χ2v) is 8.62. The third kappa shape index (κ3) is 4.57. The number of hydrogen-bond donors (Lipinski definition) is 1. The highest BCUT2D eigenvalue weighted by Gasteiger charge is 2.32. The maximum Gasteiger partial charge on any atom is 0.220 e. The van der Waals surface area contributed by atoms with E-state index in [0.29, 0.717) is 15.3 Å². The maximum atomic E-state index is 12.1. The number of amides is 1. The Morgan fingerprint density at radius 2 is 1.87 bits per heavy atom. The molecule has 1 N–H and O–H groups in total. The Morgan fingerprint density at radius 3 is 2.61 bits per heavy atom. The Balaban J connectivity index is 1.42. The monoisotopic (exact) mass is 353 g/mol. The van der Waals surface area contributed by atoms with Crippen LogP contribution in [0.4, 0.5) is 0 Å². The van der Waals surface area contributed by atoms with Gasteiger partial charge in [0.25, 0.3) is 0 Å². The van der Waals surface area contributed by atoms with E-state index in [0.717, 1.165) is 24.7 Å². The van der Waals surface area contributed by atoms with Crippen molar-refractivity contribution in [2.24, 2.45) is 11.8 Å². The summed E-state index contributed by atoms with van der Waals surface area (Å²) in [6.07, 6.45) is 9.46. The van der Waals surface area contributed by atoms with Crippen molar-refractivity contribution in [3.8, 4) is 0 Å². The summed E-state index contributed by atoms with van der Waals surface area (Å²) in [5.41, 5.74) is 0. The van der Waals surface area contributed by atoms with Crippen LogP contribution in [0.1, 0.15) is 67.5 Å². The third-order valence-corrected chi connectivity index (χ3v) is 6.60. The number of Topliss-reactive ketones (excluding diaryl/α,β-unsaturated/α-hetero) is 1. The average molecular weight is 354 g/mol. The summed E-state index contributed by atoms with van der Waals surface area (Å²) in [7, 11) is 0. The first-order chi connectivity index (χ1) is 11.1. The molecule has 0 aromatic carbocycles. The Morgan fingerprint density at radius 1 is 1.09 bits per heavy atom. The van der Waals surface area contributed by atoms with Gasteiger partial charge in [-0.3, -0.25) is 9.59 Å². The first-order valence-corrected chi connectivity index (χ1v) is 9.89. The summed E-state index contributed by atoms with van der Waals surface area (Å²) in [6, 6.07) is 3.77. The molecule has 3 rings (SSSR count). The van der Waals surface area contributed by atoms with Crippen LogP contribution >= 0.6 is 22.9 Å². The number of carbonyl (C=O) groups is 2. The predicted octanol–water partition coefficient (Wildman–Crippen LogP) is 4.84. The molecule has 126 valence electrons. The highest BCUT2D eigenvalue weighted by atomic mass is 35.5. The summed E-state index contributed by atoms with van der Waals surface area (Å²) >= 11 is 7.12. The molecule has 0 saturated heterocycles. The minimum Gasteiger partial charge on any atom is -0.353 e. The fourth-order valence-electron chi connectivity index (χ4n) is 4.12. The van der Waals surface area contributed by atoms with Gasteiger partial charge in [-0.1, -0.05) is 37.3 Å². The molecule has 0 bridgehead atoms. The van der Waals surface area contributed by atoms with Gasteiger partial charge in [0.05, 0.1) is 9.21 Å². The molecule has 1 aromatic rings. The topological polar surface area (TPSA) is 46.2 Å². The molecule has 1 amide bonds. The van der Waals surface area contributed by atoms with Crippen LogP contribution < -0.4 is 5.32 Å². The minimum atomic E-state index is 0.00744. The van der Waals surface area contributed by atoms with Crippen LogP contribution in [0, 0.1) is 11.8 Å². The zero-order valence-corrected chi connectivity index (χ0v) is 14.9. The molecule has 2 fully saturated rings. The summed E-state index contributed by atoms with van der Waals surface area (Å²) in [5, 5.41) is 3.15. The van der Waals surface area contributed by atoms with Crippen molar-refractivity contribution >= 4 is 34.6 Å². The van der Waals surface area contributed by atoms with Crippen LogP contribution in [0.3, 0.4) is 0 Å². The number of halogens is 1. The van der Waals surface area contributed by atoms with Crippen molar-refractivity contribution in [1.82, 2.24) is 5.32 Å². The van der Waals surface area contributed by atoms with Gasteiger partial charge in [-0.05, 0) is 43.2 Å². The summed E-state index contributed by atoms with van der Waals surface area (Å²) in [4.78, 5) is 24.8. The maximum absolute atomic E-state index is 12.1. The Bertz CT molecular complexity index is 571. The quantitative estimate of drug-likeness (QED) is 0.770. The van der Waals surface area contributed by atoms with Crippen molar-refractivity contribution in [3.63, 3.8) is 0 Å². The van der Waals surface area contributed by atoms with Gasteiger partial charge in [-0.15, -0.1) is 11.3 Å². The molecule has 0 radical (unpaired) electrons. The van der Waals surface area contributed by atoms with Crippen molar-refractivity contribution < 1.29 is 9.59 Å². The average Bonchev–Trinajstić information content (AvgIpc) is 2.99. The first-order valence-electron chi connectivity index (χ1n) is 8.69. The van der Waals surface area contributed by atoms with Gasteiger partial charge in [0.1, 0.15) is 0 Å². The van der Waals surface area contributed by atoms with E-state index in [9.17, 15) is 9.59 Å². The van der Waals surface area contributed by atoms with E-state index in [2.05, 4.69) is 5.32 Å². The van der Waals surface area contributed by atoms with Crippen molar-refractivity contribution in [2.75, 3.05) is 0 Å². The lowest BCUT2D eigenvalue weighted by Gasteiger charge is -2.39. The van der Waals surface area contributed by atoms with Crippen LogP contribution in [0.5, 0.6) is 0 Å². The number of hydrogen-bond acceptors (Lipinski definition) is 3. The van der Waals surface area contributed by atoms with E-state index in [1.54, 1.807) is 12.1 Å². The number of carbonyl (C=O) groups excluding carboxylic acids is 2. The number of rotatable bonds is 5. The zero-order chi connectivity index (χ0) is 16.2. The largest absolute Gasteiger partial charge is 0.353 e. The zero-order valence-electron chi connectivity index (χ0n) is 13.4.